The molecule has 2 N–H and O–H groups in total. The van der Waals surface area contributed by atoms with E-state index in [-0.39, 0.29) is 0 Å². The van der Waals surface area contributed by atoms with Gasteiger partial charge in [0, 0.05) is 6.42 Å². The molecule has 0 heterocycles. The van der Waals surface area contributed by atoms with Crippen LogP contribution in [0.1, 0.15) is 29.5 Å². The number of nitrogens with two attached hydrogens (primary N) is 1. The molecule has 4 heteroatoms. The SMILES string of the molecule is COc1c(CCON)cc2c(c1Cl)CCCC2. The van der Waals surface area contributed by atoms with Crippen molar-refractivity contribution in [2.24, 2.45) is 5.90 Å². The molecule has 0 atom stereocenters. The first-order valence-electron chi connectivity index (χ1n) is 5.96. The van der Waals surface area contributed by atoms with E-state index in [2.05, 4.69) is 10.9 Å². The normalized spacial score (nSPS) is 14.5. The highest BCUT2D eigenvalue weighted by atomic mass is 35.5. The number of hydrogen-bond donors (Lipinski definition) is 1. The number of benzene rings is 1. The highest BCUT2D eigenvalue weighted by Crippen LogP contribution is 2.38. The van der Waals surface area contributed by atoms with Gasteiger partial charge in [-0.3, -0.25) is 0 Å². The van der Waals surface area contributed by atoms with Crippen LogP contribution < -0.4 is 10.6 Å². The van der Waals surface area contributed by atoms with Crippen LogP contribution in [-0.2, 0) is 24.1 Å². The molecule has 2 rings (SSSR count). The summed E-state index contributed by atoms with van der Waals surface area (Å²) in [5.41, 5.74) is 3.70. The fourth-order valence-corrected chi connectivity index (χ4v) is 2.88. The van der Waals surface area contributed by atoms with E-state index in [0.29, 0.717) is 6.61 Å². The average molecular weight is 256 g/mol. The van der Waals surface area contributed by atoms with Crippen LogP contribution in [0.25, 0.3) is 0 Å². The molecule has 17 heavy (non-hydrogen) atoms. The topological polar surface area (TPSA) is 44.5 Å². The first-order chi connectivity index (χ1) is 8.27. The minimum atomic E-state index is 0.478. The Labute approximate surface area is 107 Å². The summed E-state index contributed by atoms with van der Waals surface area (Å²) in [7, 11) is 1.66. The Kier molecular flexibility index (Phi) is 4.26. The molecule has 0 saturated carbocycles. The first kappa shape index (κ1) is 12.7. The van der Waals surface area contributed by atoms with E-state index in [1.165, 1.54) is 24.0 Å². The maximum absolute atomic E-state index is 6.41. The van der Waals surface area contributed by atoms with Crippen LogP contribution in [0.3, 0.4) is 0 Å². The molecule has 1 aromatic rings. The maximum Gasteiger partial charge on any atom is 0.141 e. The third-order valence-corrected chi connectivity index (χ3v) is 3.71. The molecule has 0 fully saturated rings. The highest BCUT2D eigenvalue weighted by molar-refractivity contribution is 6.33. The monoisotopic (exact) mass is 255 g/mol. The van der Waals surface area contributed by atoms with E-state index in [1.54, 1.807) is 7.11 Å². The van der Waals surface area contributed by atoms with Crippen molar-refractivity contribution in [1.29, 1.82) is 0 Å². The molecule has 0 aliphatic heterocycles. The van der Waals surface area contributed by atoms with Crippen LogP contribution in [0.2, 0.25) is 5.02 Å². The van der Waals surface area contributed by atoms with Crippen molar-refractivity contribution in [2.75, 3.05) is 13.7 Å². The third kappa shape index (κ3) is 2.57. The Morgan fingerprint density at radius 1 is 1.35 bits per heavy atom. The van der Waals surface area contributed by atoms with Crippen LogP contribution in [0.4, 0.5) is 0 Å². The fourth-order valence-electron chi connectivity index (χ4n) is 2.47. The highest BCUT2D eigenvalue weighted by Gasteiger charge is 2.19. The van der Waals surface area contributed by atoms with Gasteiger partial charge in [0.1, 0.15) is 5.75 Å². The summed E-state index contributed by atoms with van der Waals surface area (Å²) in [6, 6.07) is 2.19. The molecule has 0 saturated heterocycles. The molecule has 0 aromatic heterocycles. The van der Waals surface area contributed by atoms with Crippen molar-refractivity contribution < 1.29 is 9.57 Å². The predicted molar refractivity (Wildman–Crippen MR) is 68.5 cm³/mol. The molecule has 1 aliphatic rings. The molecule has 0 unspecified atom stereocenters. The van der Waals surface area contributed by atoms with E-state index >= 15 is 0 Å². The largest absolute Gasteiger partial charge is 0.495 e. The van der Waals surface area contributed by atoms with Crippen LogP contribution >= 0.6 is 11.6 Å². The van der Waals surface area contributed by atoms with Gasteiger partial charge in [0.2, 0.25) is 0 Å². The summed E-state index contributed by atoms with van der Waals surface area (Å²) in [5.74, 6) is 5.85. The second kappa shape index (κ2) is 5.71. The van der Waals surface area contributed by atoms with Crippen LogP contribution in [0.15, 0.2) is 6.07 Å². The average Bonchev–Trinajstić information content (AvgIpc) is 2.36. The van der Waals surface area contributed by atoms with Crippen molar-refractivity contribution in [3.8, 4) is 5.75 Å². The van der Waals surface area contributed by atoms with Gasteiger partial charge >= 0.3 is 0 Å². The van der Waals surface area contributed by atoms with Crippen LogP contribution in [0, 0.1) is 0 Å². The van der Waals surface area contributed by atoms with E-state index in [0.717, 1.165) is 35.6 Å². The van der Waals surface area contributed by atoms with Gasteiger partial charge in [0.15, 0.2) is 0 Å². The summed E-state index contributed by atoms with van der Waals surface area (Å²) in [4.78, 5) is 4.63. The van der Waals surface area contributed by atoms with Crippen molar-refractivity contribution in [1.82, 2.24) is 0 Å². The zero-order valence-electron chi connectivity index (χ0n) is 10.1. The summed E-state index contributed by atoms with van der Waals surface area (Å²) in [6.45, 7) is 0.478. The van der Waals surface area contributed by atoms with Gasteiger partial charge in [-0.05, 0) is 42.4 Å². The Hall–Kier alpha value is -0.770. The van der Waals surface area contributed by atoms with Crippen molar-refractivity contribution in [2.45, 2.75) is 32.1 Å². The fraction of sp³-hybridized carbons (Fsp3) is 0.538. The number of rotatable bonds is 4. The molecule has 0 amide bonds. The third-order valence-electron chi connectivity index (χ3n) is 3.31. The maximum atomic E-state index is 6.41. The lowest BCUT2D eigenvalue weighted by molar-refractivity contribution is 0.140. The number of hydrogen-bond acceptors (Lipinski definition) is 3. The molecule has 3 nitrogen and oxygen atoms in total. The standard InChI is InChI=1S/C13H18ClNO2/c1-16-13-10(6-7-17-15)8-9-4-2-3-5-11(9)12(13)14/h8H,2-7,15H2,1H3. The Bertz CT molecular complexity index is 407. The van der Waals surface area contributed by atoms with E-state index < -0.39 is 0 Å². The molecule has 1 aliphatic carbocycles. The van der Waals surface area contributed by atoms with Gasteiger partial charge in [-0.2, -0.15) is 0 Å². The lowest BCUT2D eigenvalue weighted by atomic mass is 9.89. The van der Waals surface area contributed by atoms with Gasteiger partial charge in [-0.1, -0.05) is 17.7 Å². The van der Waals surface area contributed by atoms with Gasteiger partial charge in [-0.25, -0.2) is 5.90 Å². The molecule has 0 radical (unpaired) electrons. The number of methoxy groups -OCH3 is 1. The smallest absolute Gasteiger partial charge is 0.141 e. The lowest BCUT2D eigenvalue weighted by Crippen LogP contribution is -2.09. The van der Waals surface area contributed by atoms with Crippen LogP contribution in [-0.4, -0.2) is 13.7 Å². The quantitative estimate of drug-likeness (QED) is 0.842. The summed E-state index contributed by atoms with van der Waals surface area (Å²) in [5, 5.41) is 0.775. The predicted octanol–water partition coefficient (Wildman–Crippen LogP) is 2.66. The molecule has 0 spiro atoms. The van der Waals surface area contributed by atoms with Gasteiger partial charge in [0.25, 0.3) is 0 Å². The molecule has 0 bridgehead atoms. The van der Waals surface area contributed by atoms with Crippen LogP contribution in [0.5, 0.6) is 5.75 Å². The summed E-state index contributed by atoms with van der Waals surface area (Å²) >= 11 is 6.41. The van der Waals surface area contributed by atoms with Gasteiger partial charge < -0.3 is 9.57 Å². The summed E-state index contributed by atoms with van der Waals surface area (Å²) < 4.78 is 5.41. The van der Waals surface area contributed by atoms with Crippen molar-refractivity contribution in [3.05, 3.63) is 27.8 Å². The number of halogens is 1. The Balaban J connectivity index is 2.40. The minimum Gasteiger partial charge on any atom is -0.495 e. The lowest BCUT2D eigenvalue weighted by Gasteiger charge is -2.21. The second-order valence-electron chi connectivity index (χ2n) is 4.35. The van der Waals surface area contributed by atoms with E-state index in [9.17, 15) is 0 Å². The zero-order chi connectivity index (χ0) is 12.3. The van der Waals surface area contributed by atoms with Crippen molar-refractivity contribution in [3.63, 3.8) is 0 Å². The van der Waals surface area contributed by atoms with E-state index in [4.69, 9.17) is 22.2 Å². The van der Waals surface area contributed by atoms with Gasteiger partial charge in [-0.15, -0.1) is 0 Å². The zero-order valence-corrected chi connectivity index (χ0v) is 10.8. The Morgan fingerprint density at radius 2 is 2.12 bits per heavy atom. The second-order valence-corrected chi connectivity index (χ2v) is 4.73. The number of ether oxygens (including phenoxy) is 1. The van der Waals surface area contributed by atoms with Gasteiger partial charge in [0.05, 0.1) is 18.7 Å². The molecule has 94 valence electrons. The first-order valence-corrected chi connectivity index (χ1v) is 6.34. The number of fused-ring (bicyclic) bond motifs is 1. The molecular formula is C13H18ClNO2. The minimum absolute atomic E-state index is 0.478. The molecular weight excluding hydrogens is 238 g/mol. The van der Waals surface area contributed by atoms with Crippen molar-refractivity contribution >= 4 is 11.6 Å². The Morgan fingerprint density at radius 3 is 2.82 bits per heavy atom. The summed E-state index contributed by atoms with van der Waals surface area (Å²) in [6.07, 6.45) is 5.34. The number of aryl methyl sites for hydroxylation is 1. The molecule has 1 aromatic carbocycles. The van der Waals surface area contributed by atoms with E-state index in [1.807, 2.05) is 0 Å².